The van der Waals surface area contributed by atoms with E-state index in [0.717, 1.165) is 16.9 Å². The van der Waals surface area contributed by atoms with Crippen molar-refractivity contribution < 1.29 is 14.1 Å². The van der Waals surface area contributed by atoms with Gasteiger partial charge in [0, 0.05) is 12.5 Å². The number of H-pyrrole nitrogens is 1. The molecule has 0 saturated carbocycles. The number of para-hydroxylation sites is 2. The molecule has 0 aliphatic heterocycles. The van der Waals surface area contributed by atoms with E-state index in [2.05, 4.69) is 4.98 Å². The molecule has 0 aliphatic carbocycles. The normalized spacial score (nSPS) is 11.4. The van der Waals surface area contributed by atoms with Crippen LogP contribution in [0.2, 0.25) is 0 Å². The largest absolute Gasteiger partial charge is 0.508 e. The van der Waals surface area contributed by atoms with E-state index in [1.807, 2.05) is 42.8 Å². The van der Waals surface area contributed by atoms with Gasteiger partial charge in [0.1, 0.15) is 17.1 Å². The molecule has 5 heteroatoms. The first-order valence-electron chi connectivity index (χ1n) is 7.86. The van der Waals surface area contributed by atoms with E-state index in [0.29, 0.717) is 28.7 Å². The number of hydrogen-bond acceptors (Lipinski definition) is 3. The highest BCUT2D eigenvalue weighted by molar-refractivity contribution is 5.83. The van der Waals surface area contributed by atoms with Gasteiger partial charge in [-0.15, -0.1) is 0 Å². The van der Waals surface area contributed by atoms with Crippen molar-refractivity contribution in [2.24, 2.45) is 7.05 Å². The second-order valence-electron chi connectivity index (χ2n) is 5.81. The molecule has 5 nitrogen and oxygen atoms in total. The van der Waals surface area contributed by atoms with Gasteiger partial charge >= 0.3 is 0 Å². The standard InChI is InChI=1S/C19H16N2O3/c1-3-15-17(18(23)12-9-8-11(22)10-16(12)24-15)19-20-13-6-4-5-7-14(13)21(19)2/h4-10H,3H2,1-2H3,(H,22,23)/p+1. The average Bonchev–Trinajstić information content (AvgIpc) is 2.91. The number of benzene rings is 2. The van der Waals surface area contributed by atoms with Crippen LogP contribution in [-0.2, 0) is 13.5 Å². The molecule has 0 radical (unpaired) electrons. The lowest BCUT2D eigenvalue weighted by Gasteiger charge is -2.06. The first kappa shape index (κ1) is 14.5. The number of imidazole rings is 1. The lowest BCUT2D eigenvalue weighted by molar-refractivity contribution is -0.633. The summed E-state index contributed by atoms with van der Waals surface area (Å²) in [6.07, 6.45) is 0.575. The van der Waals surface area contributed by atoms with Crippen molar-refractivity contribution in [3.05, 3.63) is 58.4 Å². The quantitative estimate of drug-likeness (QED) is 0.558. The van der Waals surface area contributed by atoms with Crippen LogP contribution >= 0.6 is 0 Å². The van der Waals surface area contributed by atoms with Crippen molar-refractivity contribution in [3.8, 4) is 17.1 Å². The maximum atomic E-state index is 13.1. The van der Waals surface area contributed by atoms with Crippen molar-refractivity contribution >= 4 is 22.0 Å². The second kappa shape index (κ2) is 5.23. The SMILES string of the molecule is CCc1oc2cc(O)ccc2c(=O)c1-c1[nH]c2ccccc2[n+]1C. The minimum atomic E-state index is -0.102. The Morgan fingerprint density at radius 2 is 2.00 bits per heavy atom. The van der Waals surface area contributed by atoms with E-state index >= 15 is 0 Å². The Labute approximate surface area is 137 Å². The molecule has 120 valence electrons. The monoisotopic (exact) mass is 321 g/mol. The third-order valence-electron chi connectivity index (χ3n) is 4.36. The molecular formula is C19H17N2O3+. The van der Waals surface area contributed by atoms with Gasteiger partial charge in [0.15, 0.2) is 16.6 Å². The molecule has 2 heterocycles. The van der Waals surface area contributed by atoms with Crippen LogP contribution in [0.4, 0.5) is 0 Å². The predicted octanol–water partition coefficient (Wildman–Crippen LogP) is 3.03. The number of fused-ring (bicyclic) bond motifs is 2. The summed E-state index contributed by atoms with van der Waals surface area (Å²) in [5, 5.41) is 10.1. The third-order valence-corrected chi connectivity index (χ3v) is 4.36. The van der Waals surface area contributed by atoms with E-state index in [1.54, 1.807) is 6.07 Å². The summed E-state index contributed by atoms with van der Waals surface area (Å²) >= 11 is 0. The average molecular weight is 321 g/mol. The summed E-state index contributed by atoms with van der Waals surface area (Å²) in [7, 11) is 1.92. The van der Waals surface area contributed by atoms with Gasteiger partial charge in [-0.3, -0.25) is 4.79 Å². The van der Waals surface area contributed by atoms with Crippen LogP contribution in [0.5, 0.6) is 5.75 Å². The van der Waals surface area contributed by atoms with Crippen LogP contribution in [-0.4, -0.2) is 10.1 Å². The van der Waals surface area contributed by atoms with Crippen LogP contribution in [0, 0.1) is 0 Å². The molecule has 2 aromatic carbocycles. The Morgan fingerprint density at radius 1 is 1.21 bits per heavy atom. The van der Waals surface area contributed by atoms with Crippen LogP contribution in [0.1, 0.15) is 12.7 Å². The third kappa shape index (κ3) is 2.01. The number of rotatable bonds is 2. The van der Waals surface area contributed by atoms with Crippen LogP contribution in [0.3, 0.4) is 0 Å². The molecule has 0 unspecified atom stereocenters. The van der Waals surface area contributed by atoms with Gasteiger partial charge in [-0.1, -0.05) is 19.1 Å². The Morgan fingerprint density at radius 3 is 2.75 bits per heavy atom. The zero-order chi connectivity index (χ0) is 16.8. The van der Waals surface area contributed by atoms with Crippen molar-refractivity contribution in [1.29, 1.82) is 0 Å². The van der Waals surface area contributed by atoms with Gasteiger partial charge in [0.2, 0.25) is 5.43 Å². The highest BCUT2D eigenvalue weighted by Crippen LogP contribution is 2.26. The number of nitrogens with one attached hydrogen (secondary N) is 1. The number of phenols is 1. The fourth-order valence-electron chi connectivity index (χ4n) is 3.15. The number of aromatic hydroxyl groups is 1. The number of aromatic amines is 1. The molecule has 0 bridgehead atoms. The summed E-state index contributed by atoms with van der Waals surface area (Å²) in [6.45, 7) is 1.94. The molecular weight excluding hydrogens is 304 g/mol. The molecule has 0 amide bonds. The summed E-state index contributed by atoms with van der Waals surface area (Å²) < 4.78 is 7.88. The zero-order valence-corrected chi connectivity index (χ0v) is 13.5. The topological polar surface area (TPSA) is 70.1 Å². The van der Waals surface area contributed by atoms with Gasteiger partial charge in [-0.2, -0.15) is 0 Å². The Kier molecular flexibility index (Phi) is 3.16. The first-order valence-corrected chi connectivity index (χ1v) is 7.86. The maximum absolute atomic E-state index is 13.1. The maximum Gasteiger partial charge on any atom is 0.294 e. The van der Waals surface area contributed by atoms with Crippen LogP contribution < -0.4 is 10.00 Å². The lowest BCUT2D eigenvalue weighted by atomic mass is 10.1. The highest BCUT2D eigenvalue weighted by Gasteiger charge is 2.25. The van der Waals surface area contributed by atoms with Crippen molar-refractivity contribution in [1.82, 2.24) is 4.98 Å². The van der Waals surface area contributed by atoms with Crippen LogP contribution in [0.15, 0.2) is 51.7 Å². The van der Waals surface area contributed by atoms with E-state index in [9.17, 15) is 9.90 Å². The van der Waals surface area contributed by atoms with E-state index in [4.69, 9.17) is 4.42 Å². The first-order chi connectivity index (χ1) is 11.6. The second-order valence-corrected chi connectivity index (χ2v) is 5.81. The Bertz CT molecular complexity index is 1140. The number of phenolic OH excluding ortho intramolecular Hbond substituents is 1. The molecule has 2 N–H and O–H groups in total. The van der Waals surface area contributed by atoms with E-state index < -0.39 is 0 Å². The molecule has 0 fully saturated rings. The summed E-state index contributed by atoms with van der Waals surface area (Å²) in [6, 6.07) is 12.5. The Balaban J connectivity index is 2.12. The van der Waals surface area contributed by atoms with Gasteiger partial charge < -0.3 is 9.52 Å². The fraction of sp³-hybridized carbons (Fsp3) is 0.158. The van der Waals surface area contributed by atoms with Crippen molar-refractivity contribution in [3.63, 3.8) is 0 Å². The van der Waals surface area contributed by atoms with E-state index in [-0.39, 0.29) is 11.2 Å². The molecule has 4 rings (SSSR count). The fourth-order valence-corrected chi connectivity index (χ4v) is 3.15. The molecule has 24 heavy (non-hydrogen) atoms. The van der Waals surface area contributed by atoms with Gasteiger partial charge in [-0.05, 0) is 24.3 Å². The van der Waals surface area contributed by atoms with Crippen molar-refractivity contribution in [2.75, 3.05) is 0 Å². The summed E-state index contributed by atoms with van der Waals surface area (Å²) in [5.74, 6) is 1.40. The molecule has 0 saturated heterocycles. The molecule has 4 aromatic rings. The molecule has 2 aromatic heterocycles. The summed E-state index contributed by atoms with van der Waals surface area (Å²) in [5.41, 5.74) is 2.81. The lowest BCUT2D eigenvalue weighted by Crippen LogP contribution is -2.31. The molecule has 0 spiro atoms. The summed E-state index contributed by atoms with van der Waals surface area (Å²) in [4.78, 5) is 16.4. The predicted molar refractivity (Wildman–Crippen MR) is 92.0 cm³/mol. The zero-order valence-electron chi connectivity index (χ0n) is 13.5. The Hall–Kier alpha value is -3.08. The van der Waals surface area contributed by atoms with Crippen LogP contribution in [0.25, 0.3) is 33.4 Å². The minimum absolute atomic E-state index is 0.0802. The van der Waals surface area contributed by atoms with Gasteiger partial charge in [0.25, 0.3) is 5.82 Å². The smallest absolute Gasteiger partial charge is 0.294 e. The highest BCUT2D eigenvalue weighted by atomic mass is 16.3. The van der Waals surface area contributed by atoms with Gasteiger partial charge in [-0.25, -0.2) is 9.55 Å². The molecule has 0 atom stereocenters. The van der Waals surface area contributed by atoms with E-state index in [1.165, 1.54) is 12.1 Å². The van der Waals surface area contributed by atoms with Crippen molar-refractivity contribution in [2.45, 2.75) is 13.3 Å². The number of nitrogens with zero attached hydrogens (tertiary/aromatic N) is 1. The molecule has 0 aliphatic rings. The minimum Gasteiger partial charge on any atom is -0.508 e. The number of aryl methyl sites for hydroxylation is 2. The van der Waals surface area contributed by atoms with Gasteiger partial charge in [0.05, 0.1) is 12.4 Å². The number of hydrogen-bond donors (Lipinski definition) is 2. The number of aromatic nitrogens is 2.